The van der Waals surface area contributed by atoms with Crippen LogP contribution in [-0.2, 0) is 0 Å². The van der Waals surface area contributed by atoms with Gasteiger partial charge in [0.15, 0.2) is 5.82 Å². The molecule has 3 rings (SSSR count). The van der Waals surface area contributed by atoms with Gasteiger partial charge in [0.1, 0.15) is 12.0 Å². The minimum Gasteiger partial charge on any atom is -0.354 e. The lowest BCUT2D eigenvalue weighted by Crippen LogP contribution is -2.35. The highest BCUT2D eigenvalue weighted by molar-refractivity contribution is 6.35. The summed E-state index contributed by atoms with van der Waals surface area (Å²) in [7, 11) is 0. The first-order valence-electron chi connectivity index (χ1n) is 7.02. The second kappa shape index (κ2) is 6.16. The molecule has 0 bridgehead atoms. The van der Waals surface area contributed by atoms with E-state index in [-0.39, 0.29) is 0 Å². The van der Waals surface area contributed by atoms with Crippen LogP contribution in [0.5, 0.6) is 0 Å². The molecule has 1 unspecified atom stereocenters. The highest BCUT2D eigenvalue weighted by Gasteiger charge is 2.21. The molecule has 0 saturated carbocycles. The molecule has 21 heavy (non-hydrogen) atoms. The standard InChI is InChI=1S/C15H16Cl2N4/c1-10-3-2-4-21(8-10)15-14(20-19-9-18-15)11-5-12(16)7-13(17)6-11/h5-7,9-10H,2-4,8H2,1H3. The van der Waals surface area contributed by atoms with Crippen LogP contribution in [0.2, 0.25) is 10.0 Å². The number of piperidine rings is 1. The van der Waals surface area contributed by atoms with E-state index in [1.165, 1.54) is 19.2 Å². The highest BCUT2D eigenvalue weighted by Crippen LogP contribution is 2.32. The van der Waals surface area contributed by atoms with Gasteiger partial charge in [0, 0.05) is 28.7 Å². The van der Waals surface area contributed by atoms with Crippen LogP contribution in [0.3, 0.4) is 0 Å². The molecule has 1 aromatic heterocycles. The summed E-state index contributed by atoms with van der Waals surface area (Å²) in [5.41, 5.74) is 1.58. The van der Waals surface area contributed by atoms with Gasteiger partial charge in [-0.2, -0.15) is 0 Å². The zero-order chi connectivity index (χ0) is 14.8. The summed E-state index contributed by atoms with van der Waals surface area (Å²) in [6, 6.07) is 5.39. The smallest absolute Gasteiger partial charge is 0.159 e. The Balaban J connectivity index is 2.03. The van der Waals surface area contributed by atoms with Crippen LogP contribution in [0.25, 0.3) is 11.3 Å². The number of nitrogens with zero attached hydrogens (tertiary/aromatic N) is 4. The molecule has 1 fully saturated rings. The second-order valence-electron chi connectivity index (χ2n) is 5.48. The molecule has 0 radical (unpaired) electrons. The third-order valence-corrected chi connectivity index (χ3v) is 4.13. The van der Waals surface area contributed by atoms with E-state index in [0.29, 0.717) is 16.0 Å². The minimum absolute atomic E-state index is 0.584. The highest BCUT2D eigenvalue weighted by atomic mass is 35.5. The molecule has 1 atom stereocenters. The van der Waals surface area contributed by atoms with Gasteiger partial charge in [0.2, 0.25) is 0 Å². The van der Waals surface area contributed by atoms with Crippen LogP contribution < -0.4 is 4.90 Å². The lowest BCUT2D eigenvalue weighted by atomic mass is 10.00. The fourth-order valence-electron chi connectivity index (χ4n) is 2.76. The molecular weight excluding hydrogens is 307 g/mol. The van der Waals surface area contributed by atoms with Gasteiger partial charge in [-0.3, -0.25) is 0 Å². The molecular formula is C15H16Cl2N4. The maximum Gasteiger partial charge on any atom is 0.159 e. The summed E-state index contributed by atoms with van der Waals surface area (Å²) in [6.45, 7) is 4.24. The lowest BCUT2D eigenvalue weighted by Gasteiger charge is -2.32. The van der Waals surface area contributed by atoms with Crippen molar-refractivity contribution in [1.29, 1.82) is 0 Å². The summed E-state index contributed by atoms with van der Waals surface area (Å²) in [4.78, 5) is 6.71. The number of hydrogen-bond donors (Lipinski definition) is 0. The number of aromatic nitrogens is 3. The van der Waals surface area contributed by atoms with Crippen molar-refractivity contribution in [1.82, 2.24) is 15.2 Å². The number of benzene rings is 1. The number of hydrogen-bond acceptors (Lipinski definition) is 4. The Hall–Kier alpha value is -1.39. The van der Waals surface area contributed by atoms with Gasteiger partial charge in [-0.05, 0) is 37.0 Å². The molecule has 2 aromatic rings. The monoisotopic (exact) mass is 322 g/mol. The molecule has 4 nitrogen and oxygen atoms in total. The molecule has 1 aromatic carbocycles. The van der Waals surface area contributed by atoms with E-state index in [1.807, 2.05) is 12.1 Å². The SMILES string of the molecule is CC1CCCN(c2ncnnc2-c2cc(Cl)cc(Cl)c2)C1. The van der Waals surface area contributed by atoms with Crippen LogP contribution in [0.4, 0.5) is 5.82 Å². The van der Waals surface area contributed by atoms with Gasteiger partial charge in [0.05, 0.1) is 0 Å². The molecule has 1 aliphatic rings. The first-order valence-corrected chi connectivity index (χ1v) is 7.78. The fraction of sp³-hybridized carbons (Fsp3) is 0.400. The maximum atomic E-state index is 6.09. The normalized spacial score (nSPS) is 18.8. The van der Waals surface area contributed by atoms with Gasteiger partial charge < -0.3 is 4.90 Å². The Labute approximate surface area is 134 Å². The van der Waals surface area contributed by atoms with Gasteiger partial charge in [-0.15, -0.1) is 10.2 Å². The van der Waals surface area contributed by atoms with Crippen molar-refractivity contribution < 1.29 is 0 Å². The van der Waals surface area contributed by atoms with Crippen molar-refractivity contribution in [2.45, 2.75) is 19.8 Å². The number of halogens is 2. The molecule has 0 amide bonds. The molecule has 0 N–H and O–H groups in total. The first-order chi connectivity index (χ1) is 10.1. The van der Waals surface area contributed by atoms with Crippen molar-refractivity contribution in [2.75, 3.05) is 18.0 Å². The maximum absolute atomic E-state index is 6.09. The van der Waals surface area contributed by atoms with Crippen LogP contribution in [0, 0.1) is 5.92 Å². The molecule has 6 heteroatoms. The van der Waals surface area contributed by atoms with Crippen molar-refractivity contribution in [3.63, 3.8) is 0 Å². The Morgan fingerprint density at radius 2 is 1.95 bits per heavy atom. The summed E-state index contributed by atoms with van der Waals surface area (Å²) >= 11 is 12.2. The van der Waals surface area contributed by atoms with Crippen LogP contribution >= 0.6 is 23.2 Å². The quantitative estimate of drug-likeness (QED) is 0.835. The van der Waals surface area contributed by atoms with E-state index in [4.69, 9.17) is 23.2 Å². The fourth-order valence-corrected chi connectivity index (χ4v) is 3.29. The lowest BCUT2D eigenvalue weighted by molar-refractivity contribution is 0.444. The summed E-state index contributed by atoms with van der Waals surface area (Å²) in [6.07, 6.45) is 3.92. The summed E-state index contributed by atoms with van der Waals surface area (Å²) in [5, 5.41) is 9.35. The molecule has 1 aliphatic heterocycles. The van der Waals surface area contributed by atoms with Crippen LogP contribution in [0.1, 0.15) is 19.8 Å². The van der Waals surface area contributed by atoms with Crippen molar-refractivity contribution in [3.05, 3.63) is 34.6 Å². The third kappa shape index (κ3) is 3.27. The number of anilines is 1. The predicted octanol–water partition coefficient (Wildman–Crippen LogP) is 4.08. The molecule has 0 aliphatic carbocycles. The topological polar surface area (TPSA) is 41.9 Å². The third-order valence-electron chi connectivity index (χ3n) is 3.69. The minimum atomic E-state index is 0.584. The Kier molecular flexibility index (Phi) is 4.27. The molecule has 110 valence electrons. The Bertz CT molecular complexity index is 627. The van der Waals surface area contributed by atoms with E-state index >= 15 is 0 Å². The van der Waals surface area contributed by atoms with Gasteiger partial charge in [-0.25, -0.2) is 4.98 Å². The van der Waals surface area contributed by atoms with E-state index in [2.05, 4.69) is 27.0 Å². The van der Waals surface area contributed by atoms with Crippen molar-refractivity contribution >= 4 is 29.0 Å². The Morgan fingerprint density at radius 1 is 1.19 bits per heavy atom. The average Bonchev–Trinajstić information content (AvgIpc) is 2.46. The van der Waals surface area contributed by atoms with Crippen LogP contribution in [-0.4, -0.2) is 28.3 Å². The molecule has 0 spiro atoms. The van der Waals surface area contributed by atoms with Gasteiger partial charge >= 0.3 is 0 Å². The van der Waals surface area contributed by atoms with Gasteiger partial charge in [-0.1, -0.05) is 30.1 Å². The van der Waals surface area contributed by atoms with E-state index < -0.39 is 0 Å². The van der Waals surface area contributed by atoms with E-state index in [0.717, 1.165) is 30.2 Å². The van der Waals surface area contributed by atoms with E-state index in [9.17, 15) is 0 Å². The largest absolute Gasteiger partial charge is 0.354 e. The van der Waals surface area contributed by atoms with Crippen molar-refractivity contribution in [3.8, 4) is 11.3 Å². The van der Waals surface area contributed by atoms with E-state index in [1.54, 1.807) is 6.07 Å². The summed E-state index contributed by atoms with van der Waals surface area (Å²) in [5.74, 6) is 1.51. The predicted molar refractivity (Wildman–Crippen MR) is 85.9 cm³/mol. The van der Waals surface area contributed by atoms with Crippen molar-refractivity contribution in [2.24, 2.45) is 5.92 Å². The van der Waals surface area contributed by atoms with Crippen LogP contribution in [0.15, 0.2) is 24.5 Å². The zero-order valence-corrected chi connectivity index (χ0v) is 13.3. The Morgan fingerprint density at radius 3 is 2.67 bits per heavy atom. The number of rotatable bonds is 2. The zero-order valence-electron chi connectivity index (χ0n) is 11.8. The molecule has 1 saturated heterocycles. The molecule has 2 heterocycles. The summed E-state index contributed by atoms with van der Waals surface area (Å²) < 4.78 is 0. The van der Waals surface area contributed by atoms with Gasteiger partial charge in [0.25, 0.3) is 0 Å². The average molecular weight is 323 g/mol. The first kappa shape index (κ1) is 14.5. The second-order valence-corrected chi connectivity index (χ2v) is 6.36.